The van der Waals surface area contributed by atoms with E-state index in [4.69, 9.17) is 0 Å². The van der Waals surface area contributed by atoms with Crippen molar-refractivity contribution in [3.05, 3.63) is 24.8 Å². The van der Waals surface area contributed by atoms with E-state index in [1.807, 2.05) is 0 Å². The third-order valence-corrected chi connectivity index (χ3v) is 6.73. The molecule has 0 spiro atoms. The number of hydrogen-bond donors (Lipinski definition) is 0. The third-order valence-electron chi connectivity index (χ3n) is 6.73. The van der Waals surface area contributed by atoms with Crippen LogP contribution in [0.15, 0.2) is 24.8 Å². The van der Waals surface area contributed by atoms with Gasteiger partial charge >= 0.3 is 0 Å². The Morgan fingerprint density at radius 3 is 2.46 bits per heavy atom. The monoisotopic (exact) mass is 336 g/mol. The second-order valence-electron chi connectivity index (χ2n) is 8.92. The normalized spacial score (nSPS) is 31.1. The van der Waals surface area contributed by atoms with E-state index in [0.717, 1.165) is 37.0 Å². The largest absolute Gasteiger partial charge is 0.247 e. The molecular formula is C23H41F. The van der Waals surface area contributed by atoms with Gasteiger partial charge in [-0.3, -0.25) is 0 Å². The second-order valence-corrected chi connectivity index (χ2v) is 8.92. The lowest BCUT2D eigenvalue weighted by Gasteiger charge is -2.45. The molecule has 0 saturated heterocycles. The fourth-order valence-electron chi connectivity index (χ4n) is 4.80. The Balaban J connectivity index is 2.95. The molecule has 1 aliphatic rings. The number of hydrogen-bond acceptors (Lipinski definition) is 0. The molecule has 0 N–H and O–H groups in total. The molecule has 1 rings (SSSR count). The van der Waals surface area contributed by atoms with E-state index < -0.39 is 6.17 Å². The van der Waals surface area contributed by atoms with Gasteiger partial charge in [-0.25, -0.2) is 4.39 Å². The summed E-state index contributed by atoms with van der Waals surface area (Å²) < 4.78 is 13.9. The lowest BCUT2D eigenvalue weighted by atomic mass is 9.60. The molecule has 0 bridgehead atoms. The molecule has 6 unspecified atom stereocenters. The molecule has 0 amide bonds. The van der Waals surface area contributed by atoms with Crippen LogP contribution in [-0.4, -0.2) is 6.17 Å². The van der Waals surface area contributed by atoms with Crippen LogP contribution in [0, 0.1) is 35.0 Å². The minimum atomic E-state index is -0.738. The summed E-state index contributed by atoms with van der Waals surface area (Å²) in [6, 6.07) is 0. The SMILES string of the molecule is C=CCC(/C=C\C)C1C(C)CC(CC)CC1CCC(C)(C)C(C)F. The van der Waals surface area contributed by atoms with Gasteiger partial charge in [0.05, 0.1) is 0 Å². The van der Waals surface area contributed by atoms with Gasteiger partial charge in [0.2, 0.25) is 0 Å². The molecule has 24 heavy (non-hydrogen) atoms. The van der Waals surface area contributed by atoms with Gasteiger partial charge in [0.25, 0.3) is 0 Å². The van der Waals surface area contributed by atoms with Crippen LogP contribution in [0.3, 0.4) is 0 Å². The molecule has 140 valence electrons. The van der Waals surface area contributed by atoms with E-state index in [1.165, 1.54) is 19.3 Å². The van der Waals surface area contributed by atoms with Gasteiger partial charge in [-0.05, 0) is 81.0 Å². The Bertz CT molecular complexity index is 393. The van der Waals surface area contributed by atoms with Crippen LogP contribution in [0.2, 0.25) is 0 Å². The van der Waals surface area contributed by atoms with Gasteiger partial charge in [-0.2, -0.15) is 0 Å². The molecule has 0 aromatic heterocycles. The van der Waals surface area contributed by atoms with Crippen LogP contribution in [0.1, 0.15) is 80.1 Å². The van der Waals surface area contributed by atoms with Crippen molar-refractivity contribution in [2.24, 2.45) is 35.0 Å². The lowest BCUT2D eigenvalue weighted by molar-refractivity contribution is 0.0558. The van der Waals surface area contributed by atoms with Gasteiger partial charge in [0, 0.05) is 0 Å². The highest BCUT2D eigenvalue weighted by molar-refractivity contribution is 4.99. The van der Waals surface area contributed by atoms with Crippen molar-refractivity contribution in [2.45, 2.75) is 86.2 Å². The van der Waals surface area contributed by atoms with Crippen LogP contribution < -0.4 is 0 Å². The van der Waals surface area contributed by atoms with E-state index in [0.29, 0.717) is 11.8 Å². The van der Waals surface area contributed by atoms with Crippen LogP contribution in [0.25, 0.3) is 0 Å². The zero-order chi connectivity index (χ0) is 18.3. The minimum Gasteiger partial charge on any atom is -0.247 e. The van der Waals surface area contributed by atoms with Crippen molar-refractivity contribution in [3.63, 3.8) is 0 Å². The maximum atomic E-state index is 13.9. The zero-order valence-corrected chi connectivity index (χ0v) is 17.0. The van der Waals surface area contributed by atoms with Gasteiger partial charge in [0.1, 0.15) is 6.17 Å². The summed E-state index contributed by atoms with van der Waals surface area (Å²) >= 11 is 0. The molecular weight excluding hydrogens is 295 g/mol. The van der Waals surface area contributed by atoms with Crippen molar-refractivity contribution < 1.29 is 4.39 Å². The van der Waals surface area contributed by atoms with E-state index >= 15 is 0 Å². The number of halogens is 1. The molecule has 6 atom stereocenters. The highest BCUT2D eigenvalue weighted by Crippen LogP contribution is 2.47. The number of allylic oxidation sites excluding steroid dienone is 3. The van der Waals surface area contributed by atoms with Crippen molar-refractivity contribution >= 4 is 0 Å². The fraction of sp³-hybridized carbons (Fsp3) is 0.826. The van der Waals surface area contributed by atoms with Gasteiger partial charge in [-0.1, -0.05) is 52.3 Å². The minimum absolute atomic E-state index is 0.207. The van der Waals surface area contributed by atoms with Crippen molar-refractivity contribution in [2.75, 3.05) is 0 Å². The number of alkyl halides is 1. The Hall–Kier alpha value is -0.590. The molecule has 0 nitrogen and oxygen atoms in total. The zero-order valence-electron chi connectivity index (χ0n) is 17.0. The van der Waals surface area contributed by atoms with Gasteiger partial charge in [-0.15, -0.1) is 6.58 Å². The second kappa shape index (κ2) is 9.78. The van der Waals surface area contributed by atoms with E-state index in [2.05, 4.69) is 59.4 Å². The molecule has 0 radical (unpaired) electrons. The van der Waals surface area contributed by atoms with Crippen LogP contribution in [0.4, 0.5) is 4.39 Å². The van der Waals surface area contributed by atoms with Gasteiger partial charge in [0.15, 0.2) is 0 Å². The molecule has 0 aliphatic heterocycles. The molecule has 0 aromatic rings. The fourth-order valence-corrected chi connectivity index (χ4v) is 4.80. The summed E-state index contributed by atoms with van der Waals surface area (Å²) in [6.45, 7) is 16.8. The summed E-state index contributed by atoms with van der Waals surface area (Å²) in [7, 11) is 0. The van der Waals surface area contributed by atoms with Crippen molar-refractivity contribution in [3.8, 4) is 0 Å². The molecule has 1 heteroatoms. The standard InChI is InChI=1S/C23H41F/c1-8-11-20(12-9-2)22-17(4)15-19(10-3)16-21(22)13-14-23(6,7)18(5)24/h8-9,12,17-22H,1,10-11,13-16H2,2-7H3/b12-9-. The van der Waals surface area contributed by atoms with Crippen LogP contribution in [0.5, 0.6) is 0 Å². The first-order valence-corrected chi connectivity index (χ1v) is 10.1. The Kier molecular flexibility index (Phi) is 8.74. The number of rotatable bonds is 9. The van der Waals surface area contributed by atoms with Crippen LogP contribution >= 0.6 is 0 Å². The first kappa shape index (κ1) is 21.5. The summed E-state index contributed by atoms with van der Waals surface area (Å²) in [4.78, 5) is 0. The maximum absolute atomic E-state index is 13.9. The smallest absolute Gasteiger partial charge is 0.102 e. The Morgan fingerprint density at radius 1 is 1.29 bits per heavy atom. The van der Waals surface area contributed by atoms with Crippen molar-refractivity contribution in [1.29, 1.82) is 0 Å². The summed E-state index contributed by atoms with van der Waals surface area (Å²) in [6.07, 6.45) is 13.1. The van der Waals surface area contributed by atoms with Crippen LogP contribution in [-0.2, 0) is 0 Å². The maximum Gasteiger partial charge on any atom is 0.102 e. The van der Waals surface area contributed by atoms with E-state index in [-0.39, 0.29) is 5.41 Å². The lowest BCUT2D eigenvalue weighted by Crippen LogP contribution is -2.37. The summed E-state index contributed by atoms with van der Waals surface area (Å²) in [5, 5.41) is 0. The first-order chi connectivity index (χ1) is 11.3. The Morgan fingerprint density at radius 2 is 1.96 bits per heavy atom. The predicted molar refractivity (Wildman–Crippen MR) is 106 cm³/mol. The van der Waals surface area contributed by atoms with Gasteiger partial charge < -0.3 is 0 Å². The summed E-state index contributed by atoms with van der Waals surface area (Å²) in [5.41, 5.74) is -0.207. The van der Waals surface area contributed by atoms with E-state index in [9.17, 15) is 4.39 Å². The average molecular weight is 337 g/mol. The average Bonchev–Trinajstić information content (AvgIpc) is 2.52. The topological polar surface area (TPSA) is 0 Å². The third kappa shape index (κ3) is 5.74. The quantitative estimate of drug-likeness (QED) is 0.380. The molecule has 0 aromatic carbocycles. The highest BCUT2D eigenvalue weighted by atomic mass is 19.1. The highest BCUT2D eigenvalue weighted by Gasteiger charge is 2.39. The predicted octanol–water partition coefficient (Wildman–Crippen LogP) is 7.61. The molecule has 0 heterocycles. The van der Waals surface area contributed by atoms with E-state index in [1.54, 1.807) is 6.92 Å². The Labute approximate surface area is 151 Å². The molecule has 1 aliphatic carbocycles. The van der Waals surface area contributed by atoms with Crippen molar-refractivity contribution in [1.82, 2.24) is 0 Å². The molecule has 1 saturated carbocycles. The summed E-state index contributed by atoms with van der Waals surface area (Å²) in [5.74, 6) is 3.63. The first-order valence-electron chi connectivity index (χ1n) is 10.1. The molecule has 1 fully saturated rings.